The van der Waals surface area contributed by atoms with Crippen molar-refractivity contribution in [2.24, 2.45) is 0 Å². The highest BCUT2D eigenvalue weighted by Gasteiger charge is 2.11. The first-order valence-corrected chi connectivity index (χ1v) is 7.04. The second-order valence-corrected chi connectivity index (χ2v) is 5.49. The van der Waals surface area contributed by atoms with Gasteiger partial charge >= 0.3 is 0 Å². The van der Waals surface area contributed by atoms with Gasteiger partial charge in [0, 0.05) is 0 Å². The summed E-state index contributed by atoms with van der Waals surface area (Å²) in [5.74, 6) is 0. The monoisotopic (exact) mass is 361 g/mol. The third-order valence-electron chi connectivity index (χ3n) is 2.94. The second kappa shape index (κ2) is 12.4. The van der Waals surface area contributed by atoms with Crippen LogP contribution in [0.15, 0.2) is 0 Å². The van der Waals surface area contributed by atoms with E-state index in [0.717, 1.165) is 10.5 Å². The largest absolute Gasteiger partial charge is 1.00 e. The lowest BCUT2D eigenvalue weighted by atomic mass is 10.1. The van der Waals surface area contributed by atoms with Crippen LogP contribution in [0, 0.1) is 0 Å². The average Bonchev–Trinajstić information content (AvgIpc) is 2.22. The SMILES string of the molecule is CCCCCCCCCC[N+](C)(C)CCl.[I-]. The summed E-state index contributed by atoms with van der Waals surface area (Å²) >= 11 is 5.86. The van der Waals surface area contributed by atoms with Gasteiger partial charge in [0.1, 0.15) is 0 Å². The van der Waals surface area contributed by atoms with E-state index in [1.165, 1.54) is 57.9 Å². The van der Waals surface area contributed by atoms with Crippen molar-refractivity contribution in [3.05, 3.63) is 0 Å². The van der Waals surface area contributed by atoms with E-state index >= 15 is 0 Å². The van der Waals surface area contributed by atoms with Gasteiger partial charge in [0.2, 0.25) is 0 Å². The minimum atomic E-state index is 0. The van der Waals surface area contributed by atoms with E-state index in [0.29, 0.717) is 0 Å². The summed E-state index contributed by atoms with van der Waals surface area (Å²) in [4.78, 5) is 0. The van der Waals surface area contributed by atoms with Crippen LogP contribution in [0.3, 0.4) is 0 Å². The van der Waals surface area contributed by atoms with Gasteiger partial charge in [-0.05, 0) is 12.8 Å². The Labute approximate surface area is 125 Å². The van der Waals surface area contributed by atoms with Crippen LogP contribution in [0.25, 0.3) is 0 Å². The number of hydrogen-bond acceptors (Lipinski definition) is 0. The van der Waals surface area contributed by atoms with Gasteiger partial charge in [0.15, 0.2) is 6.00 Å². The predicted molar refractivity (Wildman–Crippen MR) is 70.3 cm³/mol. The Morgan fingerprint density at radius 3 is 1.69 bits per heavy atom. The van der Waals surface area contributed by atoms with Gasteiger partial charge in [-0.15, -0.1) is 0 Å². The molecule has 0 atom stereocenters. The Morgan fingerprint density at radius 1 is 0.812 bits per heavy atom. The predicted octanol–water partition coefficient (Wildman–Crippen LogP) is 1.40. The van der Waals surface area contributed by atoms with Gasteiger partial charge in [-0.2, -0.15) is 0 Å². The molecule has 0 saturated carbocycles. The van der Waals surface area contributed by atoms with Crippen molar-refractivity contribution >= 4 is 11.6 Å². The van der Waals surface area contributed by atoms with Crippen molar-refractivity contribution < 1.29 is 28.5 Å². The number of rotatable bonds is 10. The average molecular weight is 362 g/mol. The van der Waals surface area contributed by atoms with Crippen LogP contribution in [0.2, 0.25) is 0 Å². The molecule has 0 bridgehead atoms. The van der Waals surface area contributed by atoms with Crippen LogP contribution >= 0.6 is 11.6 Å². The third kappa shape index (κ3) is 13.0. The van der Waals surface area contributed by atoms with Crippen LogP contribution in [-0.2, 0) is 0 Å². The first-order valence-electron chi connectivity index (χ1n) is 6.50. The van der Waals surface area contributed by atoms with E-state index in [9.17, 15) is 0 Å². The van der Waals surface area contributed by atoms with Crippen LogP contribution in [-0.4, -0.2) is 31.1 Å². The Hall–Kier alpha value is 0.980. The van der Waals surface area contributed by atoms with Crippen molar-refractivity contribution in [3.8, 4) is 0 Å². The van der Waals surface area contributed by atoms with Gasteiger partial charge in [0.25, 0.3) is 0 Å². The zero-order chi connectivity index (χ0) is 11.6. The molecule has 0 unspecified atom stereocenters. The van der Waals surface area contributed by atoms with Crippen LogP contribution in [0.5, 0.6) is 0 Å². The van der Waals surface area contributed by atoms with E-state index in [4.69, 9.17) is 11.6 Å². The molecule has 0 spiro atoms. The highest BCUT2D eigenvalue weighted by molar-refractivity contribution is 6.16. The van der Waals surface area contributed by atoms with Crippen molar-refractivity contribution in [1.29, 1.82) is 0 Å². The summed E-state index contributed by atoms with van der Waals surface area (Å²) in [6.07, 6.45) is 11.2. The van der Waals surface area contributed by atoms with Crippen molar-refractivity contribution in [2.45, 2.75) is 58.3 Å². The molecule has 0 heterocycles. The molecule has 100 valence electrons. The molecule has 0 aromatic heterocycles. The van der Waals surface area contributed by atoms with E-state index in [-0.39, 0.29) is 24.0 Å². The molecule has 0 N–H and O–H groups in total. The zero-order valence-electron chi connectivity index (χ0n) is 11.3. The Morgan fingerprint density at radius 2 is 1.25 bits per heavy atom. The molecule has 0 amide bonds. The quantitative estimate of drug-likeness (QED) is 0.181. The highest BCUT2D eigenvalue weighted by atomic mass is 127. The molecule has 0 aromatic carbocycles. The van der Waals surface area contributed by atoms with Gasteiger partial charge in [0.05, 0.1) is 20.6 Å². The Balaban J connectivity index is 0. The molecule has 0 aliphatic rings. The summed E-state index contributed by atoms with van der Waals surface area (Å²) in [6.45, 7) is 3.49. The molecule has 0 fully saturated rings. The third-order valence-corrected chi connectivity index (χ3v) is 3.59. The van der Waals surface area contributed by atoms with Crippen molar-refractivity contribution in [2.75, 3.05) is 26.6 Å². The number of quaternary nitrogens is 1. The number of nitrogens with zero attached hydrogens (tertiary/aromatic N) is 1. The summed E-state index contributed by atoms with van der Waals surface area (Å²) < 4.78 is 0.956. The van der Waals surface area contributed by atoms with E-state index in [2.05, 4.69) is 21.0 Å². The van der Waals surface area contributed by atoms with Gasteiger partial charge in [-0.3, -0.25) is 0 Å². The van der Waals surface area contributed by atoms with Gasteiger partial charge in [-0.1, -0.05) is 57.0 Å². The molecule has 16 heavy (non-hydrogen) atoms. The molecule has 0 aliphatic heterocycles. The smallest absolute Gasteiger partial charge is 0.154 e. The van der Waals surface area contributed by atoms with Gasteiger partial charge in [-0.25, -0.2) is 0 Å². The molecule has 1 nitrogen and oxygen atoms in total. The number of unbranched alkanes of at least 4 members (excludes halogenated alkanes) is 7. The standard InChI is InChI=1S/C13H29ClN.HI/c1-4-5-6-7-8-9-10-11-12-15(2,3)13-14;/h4-13H2,1-3H3;1H/q+1;/p-1. The molecule has 0 aromatic rings. The number of hydrogen-bond donors (Lipinski definition) is 0. The summed E-state index contributed by atoms with van der Waals surface area (Å²) in [5, 5.41) is 0. The van der Waals surface area contributed by atoms with Crippen LogP contribution in [0.1, 0.15) is 58.3 Å². The molecule has 0 radical (unpaired) electrons. The second-order valence-electron chi connectivity index (χ2n) is 5.25. The minimum absolute atomic E-state index is 0. The van der Waals surface area contributed by atoms with E-state index < -0.39 is 0 Å². The fourth-order valence-corrected chi connectivity index (χ4v) is 1.85. The highest BCUT2D eigenvalue weighted by Crippen LogP contribution is 2.10. The first kappa shape index (κ1) is 19.3. The maximum Gasteiger partial charge on any atom is 0.154 e. The topological polar surface area (TPSA) is 0 Å². The summed E-state index contributed by atoms with van der Waals surface area (Å²) in [7, 11) is 4.41. The van der Waals surface area contributed by atoms with Gasteiger partial charge < -0.3 is 28.5 Å². The summed E-state index contributed by atoms with van der Waals surface area (Å²) in [5.41, 5.74) is 0. The Kier molecular flexibility index (Phi) is 15.0. The molecular weight excluding hydrogens is 333 g/mol. The van der Waals surface area contributed by atoms with Crippen molar-refractivity contribution in [1.82, 2.24) is 0 Å². The molecule has 0 aliphatic carbocycles. The van der Waals surface area contributed by atoms with E-state index in [1.807, 2.05) is 0 Å². The molecule has 3 heteroatoms. The normalized spacial score (nSPS) is 11.2. The van der Waals surface area contributed by atoms with Crippen LogP contribution < -0.4 is 24.0 Å². The number of halogens is 2. The first-order chi connectivity index (χ1) is 7.12. The van der Waals surface area contributed by atoms with Crippen LogP contribution in [0.4, 0.5) is 0 Å². The van der Waals surface area contributed by atoms with E-state index in [1.54, 1.807) is 0 Å². The maximum absolute atomic E-state index is 5.86. The molecule has 0 saturated heterocycles. The Bertz CT molecular complexity index is 140. The fraction of sp³-hybridized carbons (Fsp3) is 1.00. The minimum Gasteiger partial charge on any atom is -1.00 e. The lowest BCUT2D eigenvalue weighted by Crippen LogP contribution is -3.00. The molecular formula is C13H29ClIN. The number of alkyl halides is 1. The zero-order valence-corrected chi connectivity index (χ0v) is 14.2. The van der Waals surface area contributed by atoms with Crippen molar-refractivity contribution in [3.63, 3.8) is 0 Å². The molecule has 0 rings (SSSR count). The fourth-order valence-electron chi connectivity index (χ4n) is 1.73. The lowest BCUT2D eigenvalue weighted by Gasteiger charge is -2.26. The lowest BCUT2D eigenvalue weighted by molar-refractivity contribution is -0.879. The maximum atomic E-state index is 5.86. The summed E-state index contributed by atoms with van der Waals surface area (Å²) in [6, 6.07) is 0.733.